The van der Waals surface area contributed by atoms with Crippen molar-refractivity contribution >= 4 is 27.4 Å². The van der Waals surface area contributed by atoms with Crippen molar-refractivity contribution in [3.63, 3.8) is 0 Å². The first-order valence-electron chi connectivity index (χ1n) is 6.74. The molecule has 1 aliphatic rings. The van der Waals surface area contributed by atoms with Crippen LogP contribution >= 0.6 is 11.3 Å². The van der Waals surface area contributed by atoms with Crippen molar-refractivity contribution in [3.05, 3.63) is 35.0 Å². The Bertz CT molecular complexity index is 822. The lowest BCUT2D eigenvalue weighted by atomic mass is 10.0. The summed E-state index contributed by atoms with van der Waals surface area (Å²) >= 11 is 1.46. The highest BCUT2D eigenvalue weighted by Crippen LogP contribution is 2.38. The molecule has 2 N–H and O–H groups in total. The number of rotatable bonds is 1. The number of fused-ring (bicyclic) bond motifs is 2. The molecule has 0 atom stereocenters. The van der Waals surface area contributed by atoms with Gasteiger partial charge < -0.3 is 5.73 Å². The summed E-state index contributed by atoms with van der Waals surface area (Å²) < 4.78 is 0. The van der Waals surface area contributed by atoms with E-state index in [1.165, 1.54) is 45.5 Å². The maximum Gasteiger partial charge on any atom is 0.203 e. The third-order valence-electron chi connectivity index (χ3n) is 3.82. The Morgan fingerprint density at radius 3 is 2.90 bits per heavy atom. The second kappa shape index (κ2) is 4.24. The van der Waals surface area contributed by atoms with E-state index in [1.54, 1.807) is 0 Å². The zero-order valence-corrected chi connectivity index (χ0v) is 12.0. The lowest BCUT2D eigenvalue weighted by Gasteiger charge is -2.10. The Morgan fingerprint density at radius 1 is 1.20 bits per heavy atom. The smallest absolute Gasteiger partial charge is 0.203 e. The predicted molar refractivity (Wildman–Crippen MR) is 81.8 cm³/mol. The minimum Gasteiger partial charge on any atom is -0.374 e. The summed E-state index contributed by atoms with van der Waals surface area (Å²) in [6.45, 7) is 2.10. The maximum atomic E-state index is 5.76. The van der Waals surface area contributed by atoms with Crippen molar-refractivity contribution in [2.75, 3.05) is 5.73 Å². The molecule has 5 heteroatoms. The zero-order valence-electron chi connectivity index (χ0n) is 11.2. The molecule has 1 aliphatic carbocycles. The molecule has 1 aromatic carbocycles. The van der Waals surface area contributed by atoms with Crippen molar-refractivity contribution in [2.24, 2.45) is 0 Å². The number of nitrogens with zero attached hydrogens (tertiary/aromatic N) is 3. The van der Waals surface area contributed by atoms with Gasteiger partial charge in [-0.25, -0.2) is 0 Å². The minimum atomic E-state index is 0.518. The Labute approximate surface area is 120 Å². The van der Waals surface area contributed by atoms with Crippen molar-refractivity contribution in [1.29, 1.82) is 0 Å². The summed E-state index contributed by atoms with van der Waals surface area (Å²) in [5.41, 5.74) is 11.8. The second-order valence-corrected chi connectivity index (χ2v) is 6.24. The number of anilines is 1. The van der Waals surface area contributed by atoms with E-state index in [2.05, 4.69) is 35.3 Å². The first-order chi connectivity index (χ1) is 9.72. The summed E-state index contributed by atoms with van der Waals surface area (Å²) in [6, 6.07) is 6.39. The fourth-order valence-corrected chi connectivity index (χ4v) is 3.65. The molecule has 0 saturated carbocycles. The third kappa shape index (κ3) is 1.70. The molecule has 4 rings (SSSR count). The molecule has 0 radical (unpaired) electrons. The topological polar surface area (TPSA) is 64.7 Å². The van der Waals surface area contributed by atoms with Gasteiger partial charge in [-0.2, -0.15) is 0 Å². The number of hydrogen-bond acceptors (Lipinski definition) is 5. The number of nitrogens with two attached hydrogens (primary N) is 1. The average Bonchev–Trinajstić information content (AvgIpc) is 3.04. The van der Waals surface area contributed by atoms with Gasteiger partial charge in [0.2, 0.25) is 5.13 Å². The van der Waals surface area contributed by atoms with E-state index < -0.39 is 0 Å². The van der Waals surface area contributed by atoms with Crippen LogP contribution in [0.5, 0.6) is 0 Å². The Balaban J connectivity index is 2.12. The monoisotopic (exact) mass is 282 g/mol. The van der Waals surface area contributed by atoms with E-state index in [1.807, 2.05) is 0 Å². The molecule has 2 heterocycles. The van der Waals surface area contributed by atoms with E-state index in [0.29, 0.717) is 5.13 Å². The molecule has 0 saturated heterocycles. The molecular weight excluding hydrogens is 268 g/mol. The number of nitrogen functional groups attached to an aromatic ring is 1. The van der Waals surface area contributed by atoms with Crippen LogP contribution in [0.4, 0.5) is 5.13 Å². The van der Waals surface area contributed by atoms with E-state index in [4.69, 9.17) is 10.7 Å². The molecule has 3 aromatic rings. The van der Waals surface area contributed by atoms with E-state index >= 15 is 0 Å². The van der Waals surface area contributed by atoms with Gasteiger partial charge in [-0.1, -0.05) is 23.0 Å². The van der Waals surface area contributed by atoms with E-state index in [-0.39, 0.29) is 0 Å². The van der Waals surface area contributed by atoms with Gasteiger partial charge in [0.15, 0.2) is 5.01 Å². The highest BCUT2D eigenvalue weighted by molar-refractivity contribution is 7.18. The molecule has 4 nitrogen and oxygen atoms in total. The second-order valence-electron chi connectivity index (χ2n) is 5.23. The maximum absolute atomic E-state index is 5.76. The number of aryl methyl sites for hydroxylation is 2. The number of pyridine rings is 1. The average molecular weight is 282 g/mol. The van der Waals surface area contributed by atoms with Crippen LogP contribution in [0, 0.1) is 6.92 Å². The minimum absolute atomic E-state index is 0.518. The van der Waals surface area contributed by atoms with Crippen LogP contribution in [0.15, 0.2) is 18.2 Å². The molecule has 0 bridgehead atoms. The van der Waals surface area contributed by atoms with Gasteiger partial charge >= 0.3 is 0 Å². The van der Waals surface area contributed by atoms with Gasteiger partial charge in [-0.05, 0) is 43.9 Å². The number of aromatic nitrogens is 3. The standard InChI is InChI=1S/C15H14N4S/c1-8-5-6-12-10(7-8)13(14-18-19-15(16)20-14)9-3-2-4-11(9)17-12/h5-7H,2-4H2,1H3,(H2,16,19). The lowest BCUT2D eigenvalue weighted by molar-refractivity contribution is 0.901. The lowest BCUT2D eigenvalue weighted by Crippen LogP contribution is -1.95. The van der Waals surface area contributed by atoms with Gasteiger partial charge in [-0.3, -0.25) is 4.98 Å². The first kappa shape index (κ1) is 11.8. The molecular formula is C15H14N4S. The van der Waals surface area contributed by atoms with E-state index in [9.17, 15) is 0 Å². The SMILES string of the molecule is Cc1ccc2nc3c(c(-c4nnc(N)s4)c2c1)CCC3. The van der Waals surface area contributed by atoms with Gasteiger partial charge in [0, 0.05) is 16.6 Å². The van der Waals surface area contributed by atoms with Crippen molar-refractivity contribution < 1.29 is 0 Å². The largest absolute Gasteiger partial charge is 0.374 e. The summed E-state index contributed by atoms with van der Waals surface area (Å²) in [4.78, 5) is 4.82. The molecule has 0 amide bonds. The summed E-state index contributed by atoms with van der Waals surface area (Å²) in [5, 5.41) is 10.8. The summed E-state index contributed by atoms with van der Waals surface area (Å²) in [7, 11) is 0. The van der Waals surface area contributed by atoms with Gasteiger partial charge in [0.1, 0.15) is 0 Å². The van der Waals surface area contributed by atoms with Gasteiger partial charge in [0.05, 0.1) is 5.52 Å². The van der Waals surface area contributed by atoms with Gasteiger partial charge in [0.25, 0.3) is 0 Å². The van der Waals surface area contributed by atoms with Gasteiger partial charge in [-0.15, -0.1) is 10.2 Å². The third-order valence-corrected chi connectivity index (χ3v) is 4.59. The highest BCUT2D eigenvalue weighted by Gasteiger charge is 2.22. The molecule has 2 aromatic heterocycles. The molecule has 0 fully saturated rings. The summed E-state index contributed by atoms with van der Waals surface area (Å²) in [6.07, 6.45) is 3.29. The molecule has 20 heavy (non-hydrogen) atoms. The Morgan fingerprint density at radius 2 is 2.10 bits per heavy atom. The number of hydrogen-bond donors (Lipinski definition) is 1. The Kier molecular flexibility index (Phi) is 2.50. The molecule has 100 valence electrons. The van der Waals surface area contributed by atoms with Crippen LogP contribution in [0.2, 0.25) is 0 Å². The Hall–Kier alpha value is -2.01. The van der Waals surface area contributed by atoms with Crippen LogP contribution < -0.4 is 5.73 Å². The fourth-order valence-electron chi connectivity index (χ4n) is 2.96. The normalized spacial score (nSPS) is 13.8. The highest BCUT2D eigenvalue weighted by atomic mass is 32.1. The van der Waals surface area contributed by atoms with Crippen molar-refractivity contribution in [2.45, 2.75) is 26.2 Å². The molecule has 0 spiro atoms. The van der Waals surface area contributed by atoms with Crippen LogP contribution in [-0.4, -0.2) is 15.2 Å². The van der Waals surface area contributed by atoms with Crippen LogP contribution in [0.3, 0.4) is 0 Å². The van der Waals surface area contributed by atoms with Crippen molar-refractivity contribution in [3.8, 4) is 10.6 Å². The zero-order chi connectivity index (χ0) is 13.7. The van der Waals surface area contributed by atoms with Crippen LogP contribution in [-0.2, 0) is 12.8 Å². The molecule has 0 aliphatic heterocycles. The van der Waals surface area contributed by atoms with Crippen LogP contribution in [0.25, 0.3) is 21.5 Å². The predicted octanol–water partition coefficient (Wildman–Crippen LogP) is 3.13. The summed E-state index contributed by atoms with van der Waals surface area (Å²) in [5.74, 6) is 0. The quantitative estimate of drug-likeness (QED) is 0.744. The van der Waals surface area contributed by atoms with Crippen LogP contribution in [0.1, 0.15) is 23.2 Å². The van der Waals surface area contributed by atoms with E-state index in [0.717, 1.165) is 23.4 Å². The number of benzene rings is 1. The molecule has 0 unspecified atom stereocenters. The first-order valence-corrected chi connectivity index (χ1v) is 7.55. The fraction of sp³-hybridized carbons (Fsp3) is 0.267. The van der Waals surface area contributed by atoms with Crippen molar-refractivity contribution in [1.82, 2.24) is 15.2 Å².